The van der Waals surface area contributed by atoms with Gasteiger partial charge in [0, 0.05) is 36.3 Å². The normalized spacial score (nSPS) is 17.4. The summed E-state index contributed by atoms with van der Waals surface area (Å²) in [5, 5.41) is 0.992. The Labute approximate surface area is 130 Å². The fourth-order valence-corrected chi connectivity index (χ4v) is 2.36. The number of pyridine rings is 1. The molecule has 1 aromatic carbocycles. The summed E-state index contributed by atoms with van der Waals surface area (Å²) in [4.78, 5) is 18.4. The van der Waals surface area contributed by atoms with Crippen LogP contribution >= 0.6 is 24.8 Å². The van der Waals surface area contributed by atoms with Gasteiger partial charge in [0.2, 0.25) is 0 Å². The standard InChI is InChI=1S/C14H15N3O.2ClH/c15-12-5-7-17(9-12)14(18)11-3-4-13-10(8-11)2-1-6-16-13;;/h1-4,6,8,12H,5,7,9,15H2;2*1H/t12-;;/m1../s1. The largest absolute Gasteiger partial charge is 0.337 e. The average Bonchev–Trinajstić information content (AvgIpc) is 2.84. The summed E-state index contributed by atoms with van der Waals surface area (Å²) >= 11 is 0. The van der Waals surface area contributed by atoms with Crippen LogP contribution in [0.15, 0.2) is 36.5 Å². The number of carbonyl (C=O) groups excluding carboxylic acids is 1. The molecule has 108 valence electrons. The first kappa shape index (κ1) is 16.7. The molecule has 1 aliphatic heterocycles. The van der Waals surface area contributed by atoms with Crippen LogP contribution in [0.3, 0.4) is 0 Å². The molecule has 2 aromatic rings. The lowest BCUT2D eigenvalue weighted by Gasteiger charge is -2.15. The number of rotatable bonds is 1. The van der Waals surface area contributed by atoms with Gasteiger partial charge in [-0.05, 0) is 30.7 Å². The molecule has 1 atom stereocenters. The molecule has 1 aromatic heterocycles. The number of halogens is 2. The van der Waals surface area contributed by atoms with Crippen LogP contribution < -0.4 is 5.73 Å². The van der Waals surface area contributed by atoms with Gasteiger partial charge < -0.3 is 10.6 Å². The number of aromatic nitrogens is 1. The van der Waals surface area contributed by atoms with Crippen LogP contribution in [0.1, 0.15) is 16.8 Å². The van der Waals surface area contributed by atoms with Crippen molar-refractivity contribution in [1.29, 1.82) is 0 Å². The van der Waals surface area contributed by atoms with Crippen LogP contribution in [0.25, 0.3) is 10.9 Å². The fraction of sp³-hybridized carbons (Fsp3) is 0.286. The number of nitrogens with zero attached hydrogens (tertiary/aromatic N) is 2. The maximum atomic E-state index is 12.3. The number of likely N-dealkylation sites (tertiary alicyclic amines) is 1. The van der Waals surface area contributed by atoms with E-state index in [9.17, 15) is 4.79 Å². The SMILES string of the molecule is Cl.Cl.N[C@@H]1CCN(C(=O)c2ccc3ncccc3c2)C1. The number of amides is 1. The highest BCUT2D eigenvalue weighted by Gasteiger charge is 2.24. The van der Waals surface area contributed by atoms with Crippen molar-refractivity contribution in [2.45, 2.75) is 12.5 Å². The van der Waals surface area contributed by atoms with Crippen molar-refractivity contribution in [3.63, 3.8) is 0 Å². The molecule has 3 rings (SSSR count). The third kappa shape index (κ3) is 3.20. The minimum absolute atomic E-state index is 0. The zero-order valence-corrected chi connectivity index (χ0v) is 12.5. The third-order valence-electron chi connectivity index (χ3n) is 3.36. The Morgan fingerprint density at radius 1 is 1.30 bits per heavy atom. The van der Waals surface area contributed by atoms with Crippen molar-refractivity contribution in [1.82, 2.24) is 9.88 Å². The van der Waals surface area contributed by atoms with Crippen molar-refractivity contribution in [3.8, 4) is 0 Å². The van der Waals surface area contributed by atoms with Crippen LogP contribution in [-0.2, 0) is 0 Å². The van der Waals surface area contributed by atoms with Gasteiger partial charge >= 0.3 is 0 Å². The fourth-order valence-electron chi connectivity index (χ4n) is 2.36. The highest BCUT2D eigenvalue weighted by molar-refractivity contribution is 5.98. The van der Waals surface area contributed by atoms with E-state index in [1.54, 1.807) is 6.20 Å². The van der Waals surface area contributed by atoms with Crippen molar-refractivity contribution in [2.75, 3.05) is 13.1 Å². The second-order valence-electron chi connectivity index (χ2n) is 4.71. The molecular weight excluding hydrogens is 297 g/mol. The molecule has 4 nitrogen and oxygen atoms in total. The molecule has 1 fully saturated rings. The van der Waals surface area contributed by atoms with Gasteiger partial charge in [-0.2, -0.15) is 0 Å². The Bertz CT molecular complexity index is 606. The molecule has 2 heterocycles. The second kappa shape index (κ2) is 6.88. The number of hydrogen-bond donors (Lipinski definition) is 1. The van der Waals surface area contributed by atoms with Crippen molar-refractivity contribution in [3.05, 3.63) is 42.1 Å². The number of hydrogen-bond acceptors (Lipinski definition) is 3. The first-order valence-electron chi connectivity index (χ1n) is 6.14. The number of benzene rings is 1. The van der Waals surface area contributed by atoms with E-state index in [1.165, 1.54) is 0 Å². The summed E-state index contributed by atoms with van der Waals surface area (Å²) in [6, 6.07) is 9.59. The minimum atomic E-state index is 0. The maximum Gasteiger partial charge on any atom is 0.253 e. The molecule has 1 saturated heterocycles. The topological polar surface area (TPSA) is 59.2 Å². The monoisotopic (exact) mass is 313 g/mol. The first-order valence-corrected chi connectivity index (χ1v) is 6.14. The van der Waals surface area contributed by atoms with Gasteiger partial charge in [-0.3, -0.25) is 9.78 Å². The van der Waals surface area contributed by atoms with E-state index in [-0.39, 0.29) is 36.8 Å². The predicted molar refractivity (Wildman–Crippen MR) is 84.7 cm³/mol. The van der Waals surface area contributed by atoms with Gasteiger partial charge in [0.15, 0.2) is 0 Å². The number of nitrogens with two attached hydrogens (primary N) is 1. The average molecular weight is 314 g/mol. The lowest BCUT2D eigenvalue weighted by Crippen LogP contribution is -2.31. The molecular formula is C14H17Cl2N3O. The zero-order valence-electron chi connectivity index (χ0n) is 10.9. The van der Waals surface area contributed by atoms with E-state index in [0.717, 1.165) is 23.9 Å². The molecule has 1 amide bonds. The highest BCUT2D eigenvalue weighted by Crippen LogP contribution is 2.17. The van der Waals surface area contributed by atoms with Gasteiger partial charge in [-0.1, -0.05) is 6.07 Å². The summed E-state index contributed by atoms with van der Waals surface area (Å²) in [5.74, 6) is 0.0636. The summed E-state index contributed by atoms with van der Waals surface area (Å²) < 4.78 is 0. The molecule has 2 N–H and O–H groups in total. The molecule has 20 heavy (non-hydrogen) atoms. The van der Waals surface area contributed by atoms with Crippen LogP contribution in [0.5, 0.6) is 0 Å². The van der Waals surface area contributed by atoms with Crippen molar-refractivity contribution in [2.24, 2.45) is 5.73 Å². The van der Waals surface area contributed by atoms with Gasteiger partial charge in [0.25, 0.3) is 5.91 Å². The van der Waals surface area contributed by atoms with E-state index in [0.29, 0.717) is 12.1 Å². The predicted octanol–water partition coefficient (Wildman–Crippen LogP) is 2.25. The van der Waals surface area contributed by atoms with Crippen LogP contribution in [0, 0.1) is 0 Å². The Balaban J connectivity index is 0.000001000. The van der Waals surface area contributed by atoms with E-state index in [2.05, 4.69) is 4.98 Å². The number of fused-ring (bicyclic) bond motifs is 1. The molecule has 0 saturated carbocycles. The van der Waals surface area contributed by atoms with Crippen LogP contribution in [0.2, 0.25) is 0 Å². The smallest absolute Gasteiger partial charge is 0.253 e. The Kier molecular flexibility index (Phi) is 5.74. The minimum Gasteiger partial charge on any atom is -0.337 e. The van der Waals surface area contributed by atoms with E-state index in [1.807, 2.05) is 35.2 Å². The lowest BCUT2D eigenvalue weighted by atomic mass is 10.1. The van der Waals surface area contributed by atoms with Gasteiger partial charge in [-0.25, -0.2) is 0 Å². The van der Waals surface area contributed by atoms with Crippen LogP contribution in [-0.4, -0.2) is 34.9 Å². The molecule has 6 heteroatoms. The summed E-state index contributed by atoms with van der Waals surface area (Å²) in [6.07, 6.45) is 2.64. The highest BCUT2D eigenvalue weighted by atomic mass is 35.5. The third-order valence-corrected chi connectivity index (χ3v) is 3.36. The lowest BCUT2D eigenvalue weighted by molar-refractivity contribution is 0.0791. The van der Waals surface area contributed by atoms with Crippen LogP contribution in [0.4, 0.5) is 0 Å². The summed E-state index contributed by atoms with van der Waals surface area (Å²) in [5.41, 5.74) is 7.45. The summed E-state index contributed by atoms with van der Waals surface area (Å²) in [6.45, 7) is 1.41. The van der Waals surface area contributed by atoms with E-state index in [4.69, 9.17) is 5.73 Å². The van der Waals surface area contributed by atoms with Gasteiger partial charge in [-0.15, -0.1) is 24.8 Å². The molecule has 0 spiro atoms. The molecule has 1 aliphatic rings. The second-order valence-corrected chi connectivity index (χ2v) is 4.71. The Morgan fingerprint density at radius 3 is 2.80 bits per heavy atom. The number of carbonyl (C=O) groups is 1. The van der Waals surface area contributed by atoms with Crippen molar-refractivity contribution < 1.29 is 4.79 Å². The Hall–Kier alpha value is -1.36. The molecule has 0 aliphatic carbocycles. The van der Waals surface area contributed by atoms with E-state index < -0.39 is 0 Å². The van der Waals surface area contributed by atoms with Gasteiger partial charge in [0.05, 0.1) is 5.52 Å². The first-order chi connectivity index (χ1) is 8.74. The maximum absolute atomic E-state index is 12.3. The molecule has 0 unspecified atom stereocenters. The van der Waals surface area contributed by atoms with Gasteiger partial charge in [0.1, 0.15) is 0 Å². The summed E-state index contributed by atoms with van der Waals surface area (Å²) in [7, 11) is 0. The molecule has 0 radical (unpaired) electrons. The molecule has 0 bridgehead atoms. The van der Waals surface area contributed by atoms with E-state index >= 15 is 0 Å². The zero-order chi connectivity index (χ0) is 12.5. The van der Waals surface area contributed by atoms with Crippen molar-refractivity contribution >= 4 is 41.6 Å². The Morgan fingerprint density at radius 2 is 2.10 bits per heavy atom. The quantitative estimate of drug-likeness (QED) is 0.878.